The van der Waals surface area contributed by atoms with Crippen LogP contribution in [0.25, 0.3) is 0 Å². The molecular weight excluding hydrogens is 510 g/mol. The fourth-order valence-electron chi connectivity index (χ4n) is 3.61. The number of benzene rings is 1. The maximum Gasteiger partial charge on any atom is 0.411 e. The zero-order valence-electron chi connectivity index (χ0n) is 20.7. The first-order valence-corrected chi connectivity index (χ1v) is 13.8. The molecule has 1 aromatic carbocycles. The van der Waals surface area contributed by atoms with Crippen molar-refractivity contribution in [1.29, 1.82) is 0 Å². The normalized spacial score (nSPS) is 13.2. The van der Waals surface area contributed by atoms with Gasteiger partial charge in [-0.15, -0.1) is 10.2 Å². The summed E-state index contributed by atoms with van der Waals surface area (Å²) >= 11 is 3.17. The summed E-state index contributed by atoms with van der Waals surface area (Å²) in [6.07, 6.45) is 1.01. The average Bonchev–Trinajstić information content (AvgIpc) is 3.38. The van der Waals surface area contributed by atoms with Gasteiger partial charge in [0.1, 0.15) is 12.4 Å². The molecule has 3 heterocycles. The zero-order valence-corrected chi connectivity index (χ0v) is 22.4. The summed E-state index contributed by atoms with van der Waals surface area (Å²) in [7, 11) is 0. The number of anilines is 4. The molecule has 4 rings (SSSR count). The molecule has 3 aromatic rings. The molecular formula is C25H31N7O3S2. The minimum atomic E-state index is -0.514. The Kier molecular flexibility index (Phi) is 9.97. The number of aromatic nitrogens is 3. The third-order valence-corrected chi connectivity index (χ3v) is 7.34. The van der Waals surface area contributed by atoms with Crippen molar-refractivity contribution in [3.8, 4) is 0 Å². The van der Waals surface area contributed by atoms with Crippen LogP contribution in [0.1, 0.15) is 18.2 Å². The molecule has 0 atom stereocenters. The third-order valence-electron chi connectivity index (χ3n) is 5.30. The van der Waals surface area contributed by atoms with Crippen molar-refractivity contribution < 1.29 is 14.3 Å². The first-order chi connectivity index (χ1) is 18.1. The van der Waals surface area contributed by atoms with Crippen molar-refractivity contribution in [2.75, 3.05) is 60.3 Å². The van der Waals surface area contributed by atoms with Gasteiger partial charge >= 0.3 is 6.09 Å². The first kappa shape index (κ1) is 26.7. The van der Waals surface area contributed by atoms with Gasteiger partial charge in [0.05, 0.1) is 18.9 Å². The second kappa shape index (κ2) is 13.8. The fraction of sp³-hybridized carbons (Fsp3) is 0.360. The summed E-state index contributed by atoms with van der Waals surface area (Å²) in [6, 6.07) is 11.8. The number of morpholine rings is 1. The fourth-order valence-corrected chi connectivity index (χ4v) is 5.32. The van der Waals surface area contributed by atoms with Gasteiger partial charge in [0.2, 0.25) is 5.13 Å². The van der Waals surface area contributed by atoms with Gasteiger partial charge in [0.15, 0.2) is 4.34 Å². The second-order valence-corrected chi connectivity index (χ2v) is 10.3. The van der Waals surface area contributed by atoms with Crippen LogP contribution in [0.3, 0.4) is 0 Å². The van der Waals surface area contributed by atoms with Crippen LogP contribution in [0.5, 0.6) is 0 Å². The molecule has 1 fully saturated rings. The Labute approximate surface area is 224 Å². The number of ether oxygens (including phenoxy) is 2. The van der Waals surface area contributed by atoms with Crippen molar-refractivity contribution in [1.82, 2.24) is 15.2 Å². The van der Waals surface area contributed by atoms with Crippen LogP contribution in [0.4, 0.5) is 27.1 Å². The Morgan fingerprint density at radius 3 is 2.92 bits per heavy atom. The molecule has 1 saturated heterocycles. The van der Waals surface area contributed by atoms with Crippen LogP contribution in [-0.2, 0) is 21.8 Å². The minimum Gasteiger partial charge on any atom is -0.445 e. The van der Waals surface area contributed by atoms with Crippen molar-refractivity contribution in [3.63, 3.8) is 0 Å². The van der Waals surface area contributed by atoms with Gasteiger partial charge in [-0.05, 0) is 30.7 Å². The molecule has 37 heavy (non-hydrogen) atoms. The highest BCUT2D eigenvalue weighted by atomic mass is 32.2. The molecule has 1 aliphatic rings. The Morgan fingerprint density at radius 1 is 1.24 bits per heavy atom. The third kappa shape index (κ3) is 8.34. The number of nitrogens with zero attached hydrogens (tertiary/aromatic N) is 4. The van der Waals surface area contributed by atoms with E-state index in [1.54, 1.807) is 23.1 Å². The molecule has 0 radical (unpaired) electrons. The SMILES string of the molecule is C=CCOC(=O)Nc1cccc(CNc2cc(N3CCOCC3)cc(CSc3nnc(NCC)s3)n2)c1. The molecule has 12 heteroatoms. The van der Waals surface area contributed by atoms with Gasteiger partial charge in [0, 0.05) is 49.4 Å². The summed E-state index contributed by atoms with van der Waals surface area (Å²) in [4.78, 5) is 19.0. The molecule has 10 nitrogen and oxygen atoms in total. The second-order valence-electron chi connectivity index (χ2n) is 8.06. The summed E-state index contributed by atoms with van der Waals surface area (Å²) in [5.74, 6) is 1.47. The lowest BCUT2D eigenvalue weighted by molar-refractivity contribution is 0.122. The van der Waals surface area contributed by atoms with E-state index in [0.717, 1.165) is 51.9 Å². The lowest BCUT2D eigenvalue weighted by atomic mass is 10.2. The van der Waals surface area contributed by atoms with Crippen LogP contribution >= 0.6 is 23.1 Å². The Balaban J connectivity index is 1.44. The highest BCUT2D eigenvalue weighted by Crippen LogP contribution is 2.30. The number of hydrogen-bond acceptors (Lipinski definition) is 11. The maximum absolute atomic E-state index is 11.9. The van der Waals surface area contributed by atoms with E-state index < -0.39 is 6.09 Å². The van der Waals surface area contributed by atoms with E-state index in [0.29, 0.717) is 31.2 Å². The summed E-state index contributed by atoms with van der Waals surface area (Å²) in [5.41, 5.74) is 3.73. The molecule has 196 valence electrons. The van der Waals surface area contributed by atoms with Gasteiger partial charge in [-0.1, -0.05) is 47.9 Å². The predicted molar refractivity (Wildman–Crippen MR) is 150 cm³/mol. The highest BCUT2D eigenvalue weighted by molar-refractivity contribution is 8.00. The molecule has 2 aromatic heterocycles. The molecule has 3 N–H and O–H groups in total. The molecule has 1 amide bonds. The Hall–Kier alpha value is -3.35. The van der Waals surface area contributed by atoms with Crippen molar-refractivity contribution in [2.24, 2.45) is 0 Å². The molecule has 0 unspecified atom stereocenters. The quantitative estimate of drug-likeness (QED) is 0.217. The van der Waals surface area contributed by atoms with Crippen molar-refractivity contribution in [2.45, 2.75) is 23.6 Å². The summed E-state index contributed by atoms with van der Waals surface area (Å²) in [6.45, 7) is 10.2. The number of amides is 1. The number of thioether (sulfide) groups is 1. The summed E-state index contributed by atoms with van der Waals surface area (Å²) < 4.78 is 11.4. The van der Waals surface area contributed by atoms with Crippen molar-refractivity contribution in [3.05, 3.63) is 60.3 Å². The van der Waals surface area contributed by atoms with E-state index in [4.69, 9.17) is 14.5 Å². The number of nitrogens with one attached hydrogen (secondary N) is 3. The number of carbonyl (C=O) groups excluding carboxylic acids is 1. The van der Waals surface area contributed by atoms with E-state index >= 15 is 0 Å². The van der Waals surface area contributed by atoms with Gasteiger partial charge in [-0.25, -0.2) is 9.78 Å². The van der Waals surface area contributed by atoms with E-state index in [2.05, 4.69) is 49.8 Å². The smallest absolute Gasteiger partial charge is 0.411 e. The number of pyridine rings is 1. The monoisotopic (exact) mass is 541 g/mol. The minimum absolute atomic E-state index is 0.161. The molecule has 0 spiro atoms. The number of carbonyl (C=O) groups is 1. The highest BCUT2D eigenvalue weighted by Gasteiger charge is 2.15. The predicted octanol–water partition coefficient (Wildman–Crippen LogP) is 4.84. The largest absolute Gasteiger partial charge is 0.445 e. The van der Waals surface area contributed by atoms with Gasteiger partial charge in [-0.3, -0.25) is 5.32 Å². The zero-order chi connectivity index (χ0) is 25.9. The van der Waals surface area contributed by atoms with Crippen LogP contribution < -0.4 is 20.9 Å². The standard InChI is InChI=1S/C25H31N7O3S2/c1-3-10-35-24(33)29-19-7-5-6-18(13-19)16-27-22-15-21(32-8-11-34-12-9-32)14-20(28-22)17-36-25-31-30-23(37-25)26-4-2/h3,5-7,13-15H,1,4,8-12,16-17H2,2H3,(H,26,30)(H,27,28)(H,29,33). The lowest BCUT2D eigenvalue weighted by Gasteiger charge is -2.29. The molecule has 0 bridgehead atoms. The van der Waals surface area contributed by atoms with Crippen LogP contribution in [0, 0.1) is 0 Å². The topological polar surface area (TPSA) is 114 Å². The molecule has 1 aliphatic heterocycles. The van der Waals surface area contributed by atoms with E-state index in [9.17, 15) is 4.79 Å². The van der Waals surface area contributed by atoms with Crippen molar-refractivity contribution >= 4 is 51.5 Å². The van der Waals surface area contributed by atoms with Gasteiger partial charge < -0.3 is 25.0 Å². The van der Waals surface area contributed by atoms with Crippen LogP contribution in [0.15, 0.2) is 53.4 Å². The average molecular weight is 542 g/mol. The molecule has 0 saturated carbocycles. The van der Waals surface area contributed by atoms with Crippen LogP contribution in [-0.4, -0.2) is 60.7 Å². The lowest BCUT2D eigenvalue weighted by Crippen LogP contribution is -2.36. The number of rotatable bonds is 12. The van der Waals surface area contributed by atoms with Gasteiger partial charge in [-0.2, -0.15) is 0 Å². The first-order valence-electron chi connectivity index (χ1n) is 12.0. The van der Waals surface area contributed by atoms with E-state index in [-0.39, 0.29) is 6.61 Å². The molecule has 0 aliphatic carbocycles. The number of hydrogen-bond donors (Lipinski definition) is 3. The van der Waals surface area contributed by atoms with Gasteiger partial charge in [0.25, 0.3) is 0 Å². The maximum atomic E-state index is 11.9. The van der Waals surface area contributed by atoms with Crippen LogP contribution in [0.2, 0.25) is 0 Å². The Bertz CT molecular complexity index is 1180. The van der Waals surface area contributed by atoms with E-state index in [1.807, 2.05) is 31.2 Å². The Morgan fingerprint density at radius 2 is 2.11 bits per heavy atom. The summed E-state index contributed by atoms with van der Waals surface area (Å²) in [5, 5.41) is 18.6. The van der Waals surface area contributed by atoms with E-state index in [1.165, 1.54) is 6.08 Å².